The first-order valence-corrected chi connectivity index (χ1v) is 10.3. The molecule has 0 radical (unpaired) electrons. The molecule has 3 nitrogen and oxygen atoms in total. The minimum Gasteiger partial charge on any atom is -0.497 e. The summed E-state index contributed by atoms with van der Waals surface area (Å²) in [6.07, 6.45) is 2.55. The highest BCUT2D eigenvalue weighted by atomic mass is 16.5. The zero-order chi connectivity index (χ0) is 20.1. The first-order chi connectivity index (χ1) is 14.3. The standard InChI is InChI=1S/C26H27NO2/c1-29-23-16-14-22(15-17-23)25-13-8-18-27(25)26(28)19-24(20-9-4-2-5-10-20)21-11-6-3-7-12-21/h2-7,9-12,14-17,24-25H,8,13,18-19H2,1H3. The summed E-state index contributed by atoms with van der Waals surface area (Å²) in [5, 5.41) is 0. The maximum Gasteiger partial charge on any atom is 0.224 e. The van der Waals surface area contributed by atoms with Crippen LogP contribution in [0.25, 0.3) is 0 Å². The van der Waals surface area contributed by atoms with Crippen LogP contribution in [0.2, 0.25) is 0 Å². The van der Waals surface area contributed by atoms with Gasteiger partial charge in [-0.2, -0.15) is 0 Å². The first-order valence-electron chi connectivity index (χ1n) is 10.3. The highest BCUT2D eigenvalue weighted by molar-refractivity contribution is 5.78. The Kier molecular flexibility index (Phi) is 5.95. The van der Waals surface area contributed by atoms with Gasteiger partial charge in [0.2, 0.25) is 5.91 Å². The van der Waals surface area contributed by atoms with E-state index in [1.54, 1.807) is 7.11 Å². The van der Waals surface area contributed by atoms with Crippen LogP contribution in [0, 0.1) is 0 Å². The number of hydrogen-bond donors (Lipinski definition) is 0. The number of methoxy groups -OCH3 is 1. The maximum atomic E-state index is 13.4. The van der Waals surface area contributed by atoms with Crippen LogP contribution in [-0.4, -0.2) is 24.5 Å². The summed E-state index contributed by atoms with van der Waals surface area (Å²) in [5.74, 6) is 1.14. The Morgan fingerprint density at radius 3 is 2.07 bits per heavy atom. The maximum absolute atomic E-state index is 13.4. The van der Waals surface area contributed by atoms with E-state index in [2.05, 4.69) is 41.3 Å². The van der Waals surface area contributed by atoms with E-state index in [9.17, 15) is 4.79 Å². The fourth-order valence-electron chi connectivity index (χ4n) is 4.33. The molecule has 1 unspecified atom stereocenters. The highest BCUT2D eigenvalue weighted by Gasteiger charge is 2.31. The van der Waals surface area contributed by atoms with Crippen molar-refractivity contribution in [1.29, 1.82) is 0 Å². The van der Waals surface area contributed by atoms with E-state index < -0.39 is 0 Å². The number of ether oxygens (including phenoxy) is 1. The Labute approximate surface area is 172 Å². The van der Waals surface area contributed by atoms with Gasteiger partial charge in [-0.15, -0.1) is 0 Å². The van der Waals surface area contributed by atoms with E-state index in [1.165, 1.54) is 16.7 Å². The summed E-state index contributed by atoms with van der Waals surface area (Å²) in [5.41, 5.74) is 3.56. The lowest BCUT2D eigenvalue weighted by molar-refractivity contribution is -0.132. The second-order valence-electron chi connectivity index (χ2n) is 7.60. The van der Waals surface area contributed by atoms with E-state index in [0.717, 1.165) is 25.1 Å². The number of carbonyl (C=O) groups excluding carboxylic acids is 1. The van der Waals surface area contributed by atoms with Crippen molar-refractivity contribution in [3.63, 3.8) is 0 Å². The second-order valence-corrected chi connectivity index (χ2v) is 7.60. The third kappa shape index (κ3) is 4.34. The average molecular weight is 386 g/mol. The zero-order valence-electron chi connectivity index (χ0n) is 16.8. The van der Waals surface area contributed by atoms with Crippen LogP contribution >= 0.6 is 0 Å². The van der Waals surface area contributed by atoms with E-state index in [0.29, 0.717) is 6.42 Å². The SMILES string of the molecule is COc1ccc(C2CCCN2C(=O)CC(c2ccccc2)c2ccccc2)cc1. The lowest BCUT2D eigenvalue weighted by Crippen LogP contribution is -2.31. The van der Waals surface area contributed by atoms with Gasteiger partial charge in [-0.1, -0.05) is 72.8 Å². The van der Waals surface area contributed by atoms with Crippen LogP contribution in [0.4, 0.5) is 0 Å². The van der Waals surface area contributed by atoms with Crippen molar-refractivity contribution < 1.29 is 9.53 Å². The van der Waals surface area contributed by atoms with Crippen LogP contribution in [0.1, 0.15) is 47.9 Å². The number of likely N-dealkylation sites (tertiary alicyclic amines) is 1. The minimum atomic E-state index is 0.0713. The van der Waals surface area contributed by atoms with Crippen LogP contribution < -0.4 is 4.74 Å². The van der Waals surface area contributed by atoms with Gasteiger partial charge in [0.1, 0.15) is 5.75 Å². The van der Waals surface area contributed by atoms with Gasteiger partial charge < -0.3 is 9.64 Å². The van der Waals surface area contributed by atoms with Crippen molar-refractivity contribution in [2.45, 2.75) is 31.2 Å². The quantitative estimate of drug-likeness (QED) is 0.554. The average Bonchev–Trinajstić information content (AvgIpc) is 3.29. The van der Waals surface area contributed by atoms with E-state index in [1.807, 2.05) is 48.5 Å². The fraction of sp³-hybridized carbons (Fsp3) is 0.269. The summed E-state index contributed by atoms with van der Waals surface area (Å²) >= 11 is 0. The number of rotatable bonds is 6. The largest absolute Gasteiger partial charge is 0.497 e. The monoisotopic (exact) mass is 385 g/mol. The van der Waals surface area contributed by atoms with Crippen molar-refractivity contribution in [1.82, 2.24) is 4.90 Å². The Morgan fingerprint density at radius 2 is 1.52 bits per heavy atom. The minimum absolute atomic E-state index is 0.0713. The third-order valence-electron chi connectivity index (χ3n) is 5.86. The van der Waals surface area contributed by atoms with E-state index >= 15 is 0 Å². The van der Waals surface area contributed by atoms with Gasteiger partial charge in [0.05, 0.1) is 13.2 Å². The summed E-state index contributed by atoms with van der Waals surface area (Å²) < 4.78 is 5.28. The highest BCUT2D eigenvalue weighted by Crippen LogP contribution is 2.36. The molecular formula is C26H27NO2. The Bertz CT molecular complexity index is 882. The van der Waals surface area contributed by atoms with Gasteiger partial charge in [0.15, 0.2) is 0 Å². The van der Waals surface area contributed by atoms with Gasteiger partial charge in [-0.05, 0) is 41.7 Å². The van der Waals surface area contributed by atoms with Crippen molar-refractivity contribution in [3.8, 4) is 5.75 Å². The molecule has 0 saturated carbocycles. The molecule has 3 heteroatoms. The van der Waals surface area contributed by atoms with Crippen molar-refractivity contribution in [2.75, 3.05) is 13.7 Å². The van der Waals surface area contributed by atoms with Gasteiger partial charge in [0, 0.05) is 18.9 Å². The van der Waals surface area contributed by atoms with E-state index in [4.69, 9.17) is 4.74 Å². The van der Waals surface area contributed by atoms with Crippen molar-refractivity contribution in [2.24, 2.45) is 0 Å². The number of amides is 1. The molecule has 0 bridgehead atoms. The topological polar surface area (TPSA) is 29.5 Å². The molecule has 1 fully saturated rings. The van der Waals surface area contributed by atoms with E-state index in [-0.39, 0.29) is 17.9 Å². The summed E-state index contributed by atoms with van der Waals surface area (Å²) in [6.45, 7) is 0.825. The fourth-order valence-corrected chi connectivity index (χ4v) is 4.33. The van der Waals surface area contributed by atoms with Crippen LogP contribution in [0.3, 0.4) is 0 Å². The predicted octanol–water partition coefficient (Wildman–Crippen LogP) is 5.58. The summed E-state index contributed by atoms with van der Waals surface area (Å²) in [6, 6.07) is 29.0. The Hall–Kier alpha value is -3.07. The van der Waals surface area contributed by atoms with Crippen LogP contribution in [0.15, 0.2) is 84.9 Å². The number of carbonyl (C=O) groups is 1. The van der Waals surface area contributed by atoms with Gasteiger partial charge >= 0.3 is 0 Å². The lowest BCUT2D eigenvalue weighted by atomic mass is 9.88. The van der Waals surface area contributed by atoms with Crippen LogP contribution in [-0.2, 0) is 4.79 Å². The Balaban J connectivity index is 1.56. The van der Waals surface area contributed by atoms with Crippen LogP contribution in [0.5, 0.6) is 5.75 Å². The lowest BCUT2D eigenvalue weighted by Gasteiger charge is -2.28. The smallest absolute Gasteiger partial charge is 0.224 e. The predicted molar refractivity (Wildman–Crippen MR) is 116 cm³/mol. The normalized spacial score (nSPS) is 16.2. The second kappa shape index (κ2) is 8.95. The van der Waals surface area contributed by atoms with Gasteiger partial charge in [-0.3, -0.25) is 4.79 Å². The molecule has 148 valence electrons. The molecule has 0 spiro atoms. The molecule has 0 aliphatic carbocycles. The Morgan fingerprint density at radius 1 is 0.931 bits per heavy atom. The molecule has 1 amide bonds. The zero-order valence-corrected chi connectivity index (χ0v) is 16.8. The van der Waals surface area contributed by atoms with Gasteiger partial charge in [0.25, 0.3) is 0 Å². The molecule has 3 aromatic carbocycles. The number of nitrogens with zero attached hydrogens (tertiary/aromatic N) is 1. The summed E-state index contributed by atoms with van der Waals surface area (Å²) in [7, 11) is 1.67. The third-order valence-corrected chi connectivity index (χ3v) is 5.86. The molecule has 0 N–H and O–H groups in total. The molecule has 1 atom stereocenters. The number of benzene rings is 3. The van der Waals surface area contributed by atoms with Crippen molar-refractivity contribution >= 4 is 5.91 Å². The molecule has 1 saturated heterocycles. The molecule has 1 aliphatic rings. The molecule has 1 heterocycles. The molecule has 0 aromatic heterocycles. The summed E-state index contributed by atoms with van der Waals surface area (Å²) in [4.78, 5) is 15.5. The molecule has 3 aromatic rings. The molecule has 29 heavy (non-hydrogen) atoms. The van der Waals surface area contributed by atoms with Gasteiger partial charge in [-0.25, -0.2) is 0 Å². The molecule has 1 aliphatic heterocycles. The van der Waals surface area contributed by atoms with Crippen molar-refractivity contribution in [3.05, 3.63) is 102 Å². The number of hydrogen-bond acceptors (Lipinski definition) is 2. The first kappa shape index (κ1) is 19.3. The molecule has 4 rings (SSSR count). The molecular weight excluding hydrogens is 358 g/mol.